The standard InChI is InChI=1S/C4H10N4O2S/c5-7-3(9)1-11-2-4(10)8-6/h1-2,5-6H2,(H,7,9)(H,8,10). The molecule has 0 heterocycles. The number of hydrogen-bond acceptors (Lipinski definition) is 5. The summed E-state index contributed by atoms with van der Waals surface area (Å²) >= 11 is 1.13. The lowest BCUT2D eigenvalue weighted by atomic mass is 10.7. The molecular formula is C4H10N4O2S. The Balaban J connectivity index is 3.27. The second kappa shape index (κ2) is 5.96. The SMILES string of the molecule is NNC(=O)CSCC(=O)NN. The first-order valence-electron chi connectivity index (χ1n) is 2.77. The minimum absolute atomic E-state index is 0.157. The fourth-order valence-corrected chi connectivity index (χ4v) is 0.959. The molecule has 0 spiro atoms. The fraction of sp³-hybridized carbons (Fsp3) is 0.500. The highest BCUT2D eigenvalue weighted by Crippen LogP contribution is 1.96. The number of nitrogens with two attached hydrogens (primary N) is 2. The van der Waals surface area contributed by atoms with Crippen molar-refractivity contribution < 1.29 is 9.59 Å². The van der Waals surface area contributed by atoms with E-state index in [1.807, 2.05) is 10.9 Å². The van der Waals surface area contributed by atoms with Gasteiger partial charge in [0.1, 0.15) is 0 Å². The number of amides is 2. The normalized spacial score (nSPS) is 8.91. The van der Waals surface area contributed by atoms with Crippen molar-refractivity contribution in [3.63, 3.8) is 0 Å². The van der Waals surface area contributed by atoms with Gasteiger partial charge >= 0.3 is 0 Å². The van der Waals surface area contributed by atoms with Crippen LogP contribution in [0.2, 0.25) is 0 Å². The third-order valence-corrected chi connectivity index (χ3v) is 1.72. The molecule has 0 atom stereocenters. The summed E-state index contributed by atoms with van der Waals surface area (Å²) in [5.41, 5.74) is 3.87. The van der Waals surface area contributed by atoms with Crippen LogP contribution in [0.1, 0.15) is 0 Å². The number of thioether (sulfide) groups is 1. The maximum atomic E-state index is 10.5. The Labute approximate surface area is 68.0 Å². The molecule has 0 aromatic heterocycles. The van der Waals surface area contributed by atoms with Gasteiger partial charge in [0.2, 0.25) is 11.8 Å². The van der Waals surface area contributed by atoms with Crippen molar-refractivity contribution >= 4 is 23.6 Å². The molecular weight excluding hydrogens is 168 g/mol. The molecule has 0 fully saturated rings. The van der Waals surface area contributed by atoms with E-state index in [9.17, 15) is 9.59 Å². The molecule has 11 heavy (non-hydrogen) atoms. The lowest BCUT2D eigenvalue weighted by Gasteiger charge is -1.98. The van der Waals surface area contributed by atoms with Crippen molar-refractivity contribution in [3.8, 4) is 0 Å². The van der Waals surface area contributed by atoms with Crippen LogP contribution in [0.4, 0.5) is 0 Å². The zero-order valence-electron chi connectivity index (χ0n) is 5.79. The van der Waals surface area contributed by atoms with Crippen molar-refractivity contribution in [2.45, 2.75) is 0 Å². The lowest BCUT2D eigenvalue weighted by molar-refractivity contribution is -0.118. The van der Waals surface area contributed by atoms with Crippen molar-refractivity contribution in [1.29, 1.82) is 0 Å². The van der Waals surface area contributed by atoms with E-state index in [2.05, 4.69) is 0 Å². The summed E-state index contributed by atoms with van der Waals surface area (Å²) in [6.45, 7) is 0. The molecule has 6 nitrogen and oxygen atoms in total. The molecule has 0 aliphatic rings. The molecule has 2 amide bonds. The summed E-state index contributed by atoms with van der Waals surface area (Å²) in [5.74, 6) is 9.24. The predicted octanol–water partition coefficient (Wildman–Crippen LogP) is -2.30. The molecule has 0 unspecified atom stereocenters. The van der Waals surface area contributed by atoms with Gasteiger partial charge in [0, 0.05) is 0 Å². The second-order valence-corrected chi connectivity index (χ2v) is 2.61. The number of carbonyl (C=O) groups is 2. The molecule has 0 aliphatic carbocycles. The average molecular weight is 178 g/mol. The number of hydrogen-bond donors (Lipinski definition) is 4. The minimum Gasteiger partial charge on any atom is -0.294 e. The smallest absolute Gasteiger partial charge is 0.243 e. The molecule has 0 saturated carbocycles. The molecule has 7 heteroatoms. The molecule has 0 saturated heterocycles. The Morgan fingerprint density at radius 2 is 1.45 bits per heavy atom. The van der Waals surface area contributed by atoms with E-state index >= 15 is 0 Å². The van der Waals surface area contributed by atoms with E-state index in [4.69, 9.17) is 11.7 Å². The van der Waals surface area contributed by atoms with E-state index < -0.39 is 0 Å². The Bertz CT molecular complexity index is 135. The fourth-order valence-electron chi connectivity index (χ4n) is 0.320. The van der Waals surface area contributed by atoms with Crippen LogP contribution in [-0.2, 0) is 9.59 Å². The van der Waals surface area contributed by atoms with Crippen LogP contribution in [0.5, 0.6) is 0 Å². The molecule has 0 aliphatic heterocycles. The monoisotopic (exact) mass is 178 g/mol. The van der Waals surface area contributed by atoms with E-state index in [0.29, 0.717) is 0 Å². The second-order valence-electron chi connectivity index (χ2n) is 1.63. The van der Waals surface area contributed by atoms with Crippen LogP contribution in [0.3, 0.4) is 0 Å². The molecule has 0 bridgehead atoms. The molecule has 0 radical (unpaired) electrons. The summed E-state index contributed by atoms with van der Waals surface area (Å²) in [5, 5.41) is 0. The zero-order valence-corrected chi connectivity index (χ0v) is 6.61. The lowest BCUT2D eigenvalue weighted by Crippen LogP contribution is -2.34. The largest absolute Gasteiger partial charge is 0.294 e. The first-order valence-corrected chi connectivity index (χ1v) is 3.92. The molecule has 0 aromatic rings. The Kier molecular flexibility index (Phi) is 5.53. The van der Waals surface area contributed by atoms with Gasteiger partial charge in [-0.3, -0.25) is 20.4 Å². The van der Waals surface area contributed by atoms with Gasteiger partial charge in [0.05, 0.1) is 11.5 Å². The first-order chi connectivity index (χ1) is 5.20. The van der Waals surface area contributed by atoms with Crippen molar-refractivity contribution in [3.05, 3.63) is 0 Å². The van der Waals surface area contributed by atoms with Crippen LogP contribution >= 0.6 is 11.8 Å². The van der Waals surface area contributed by atoms with Gasteiger partial charge in [-0.05, 0) is 0 Å². The van der Waals surface area contributed by atoms with Gasteiger partial charge in [-0.1, -0.05) is 0 Å². The van der Waals surface area contributed by atoms with Crippen molar-refractivity contribution in [2.24, 2.45) is 11.7 Å². The minimum atomic E-state index is -0.320. The topological polar surface area (TPSA) is 110 Å². The van der Waals surface area contributed by atoms with Crippen molar-refractivity contribution in [2.75, 3.05) is 11.5 Å². The van der Waals surface area contributed by atoms with Gasteiger partial charge in [-0.2, -0.15) is 0 Å². The van der Waals surface area contributed by atoms with Gasteiger partial charge in [-0.15, -0.1) is 11.8 Å². The van der Waals surface area contributed by atoms with Crippen LogP contribution in [0.15, 0.2) is 0 Å². The molecule has 6 N–H and O–H groups in total. The van der Waals surface area contributed by atoms with Crippen LogP contribution in [0, 0.1) is 0 Å². The number of rotatable bonds is 4. The first kappa shape index (κ1) is 10.2. The highest BCUT2D eigenvalue weighted by molar-refractivity contribution is 8.00. The van der Waals surface area contributed by atoms with Gasteiger partial charge in [0.15, 0.2) is 0 Å². The zero-order chi connectivity index (χ0) is 8.69. The maximum Gasteiger partial charge on any atom is 0.243 e. The summed E-state index contributed by atoms with van der Waals surface area (Å²) in [7, 11) is 0. The highest BCUT2D eigenvalue weighted by atomic mass is 32.2. The maximum absolute atomic E-state index is 10.5. The van der Waals surface area contributed by atoms with E-state index in [0.717, 1.165) is 11.8 Å². The highest BCUT2D eigenvalue weighted by Gasteiger charge is 2.01. The number of hydrazine groups is 2. The van der Waals surface area contributed by atoms with E-state index in [1.165, 1.54) is 0 Å². The van der Waals surface area contributed by atoms with E-state index in [-0.39, 0.29) is 23.3 Å². The molecule has 0 aromatic carbocycles. The quantitative estimate of drug-likeness (QED) is 0.220. The van der Waals surface area contributed by atoms with Gasteiger partial charge < -0.3 is 0 Å². The van der Waals surface area contributed by atoms with E-state index in [1.54, 1.807) is 0 Å². The summed E-state index contributed by atoms with van der Waals surface area (Å²) in [4.78, 5) is 20.9. The number of nitrogens with one attached hydrogen (secondary N) is 2. The predicted molar refractivity (Wildman–Crippen MR) is 42.0 cm³/mol. The Morgan fingerprint density at radius 3 is 1.73 bits per heavy atom. The third kappa shape index (κ3) is 5.64. The third-order valence-electron chi connectivity index (χ3n) is 0.788. The van der Waals surface area contributed by atoms with Crippen molar-refractivity contribution in [1.82, 2.24) is 10.9 Å². The summed E-state index contributed by atoms with van der Waals surface area (Å²) in [6.07, 6.45) is 0. The van der Waals surface area contributed by atoms with Crippen LogP contribution in [0.25, 0.3) is 0 Å². The van der Waals surface area contributed by atoms with Crippen LogP contribution in [-0.4, -0.2) is 23.3 Å². The summed E-state index contributed by atoms with van der Waals surface area (Å²) < 4.78 is 0. The van der Waals surface area contributed by atoms with Gasteiger partial charge in [0.25, 0.3) is 0 Å². The van der Waals surface area contributed by atoms with Crippen LogP contribution < -0.4 is 22.5 Å². The average Bonchev–Trinajstić information content (AvgIpc) is 2.04. The number of carbonyl (C=O) groups excluding carboxylic acids is 2. The Hall–Kier alpha value is -0.790. The van der Waals surface area contributed by atoms with Gasteiger partial charge in [-0.25, -0.2) is 11.7 Å². The molecule has 0 rings (SSSR count). The summed E-state index contributed by atoms with van der Waals surface area (Å²) in [6, 6.07) is 0. The molecule has 64 valence electrons. The Morgan fingerprint density at radius 1 is 1.09 bits per heavy atom.